The van der Waals surface area contributed by atoms with E-state index in [-0.39, 0.29) is 5.54 Å². The molecule has 2 rings (SSSR count). The van der Waals surface area contributed by atoms with E-state index in [1.165, 1.54) is 0 Å². The number of rotatable bonds is 4. The molecule has 0 spiro atoms. The molecule has 0 atom stereocenters. The minimum atomic E-state index is -0.279. The predicted molar refractivity (Wildman–Crippen MR) is 71.2 cm³/mol. The topological polar surface area (TPSA) is 77.0 Å². The van der Waals surface area contributed by atoms with E-state index in [4.69, 9.17) is 10.2 Å². The lowest BCUT2D eigenvalue weighted by Crippen LogP contribution is -2.39. The molecular formula is C13H18N4O. The van der Waals surface area contributed by atoms with Gasteiger partial charge in [0.25, 0.3) is 0 Å². The Labute approximate surface area is 106 Å². The van der Waals surface area contributed by atoms with Gasteiger partial charge >= 0.3 is 0 Å². The standard InChI is InChI=1S/C13H18N4O/c1-9-4-6-11(18-9)10-5-7-12(17-16-10)15-8-13(2,3)14/h4-7H,8,14H2,1-3H3,(H,15,17). The fraction of sp³-hybridized carbons (Fsp3) is 0.385. The Kier molecular flexibility index (Phi) is 3.34. The molecule has 5 nitrogen and oxygen atoms in total. The number of hydrogen-bond acceptors (Lipinski definition) is 5. The van der Waals surface area contributed by atoms with E-state index >= 15 is 0 Å². The molecular weight excluding hydrogens is 228 g/mol. The van der Waals surface area contributed by atoms with Gasteiger partial charge in [0.1, 0.15) is 17.3 Å². The summed E-state index contributed by atoms with van der Waals surface area (Å²) >= 11 is 0. The zero-order chi connectivity index (χ0) is 13.2. The van der Waals surface area contributed by atoms with Crippen LogP contribution >= 0.6 is 0 Å². The van der Waals surface area contributed by atoms with Gasteiger partial charge in [0, 0.05) is 12.1 Å². The number of hydrogen-bond donors (Lipinski definition) is 2. The Morgan fingerprint density at radius 2 is 2.00 bits per heavy atom. The first-order valence-electron chi connectivity index (χ1n) is 5.87. The maximum absolute atomic E-state index is 5.88. The van der Waals surface area contributed by atoms with Crippen molar-refractivity contribution in [3.63, 3.8) is 0 Å². The van der Waals surface area contributed by atoms with Crippen molar-refractivity contribution in [2.24, 2.45) is 5.73 Å². The Morgan fingerprint density at radius 1 is 1.22 bits per heavy atom. The van der Waals surface area contributed by atoms with E-state index in [0.29, 0.717) is 12.4 Å². The first kappa shape index (κ1) is 12.6. The minimum absolute atomic E-state index is 0.279. The highest BCUT2D eigenvalue weighted by Gasteiger charge is 2.10. The van der Waals surface area contributed by atoms with Crippen molar-refractivity contribution >= 4 is 5.82 Å². The van der Waals surface area contributed by atoms with Crippen LogP contribution in [0.2, 0.25) is 0 Å². The molecule has 0 aromatic carbocycles. The van der Waals surface area contributed by atoms with Crippen LogP contribution in [-0.4, -0.2) is 22.3 Å². The van der Waals surface area contributed by atoms with E-state index in [9.17, 15) is 0 Å². The third-order valence-corrected chi connectivity index (χ3v) is 2.38. The summed E-state index contributed by atoms with van der Waals surface area (Å²) in [6.45, 7) is 6.44. The highest BCUT2D eigenvalue weighted by molar-refractivity contribution is 5.53. The van der Waals surface area contributed by atoms with Gasteiger partial charge in [0.2, 0.25) is 0 Å². The second-order valence-electron chi connectivity index (χ2n) is 5.06. The van der Waals surface area contributed by atoms with Gasteiger partial charge < -0.3 is 15.5 Å². The molecule has 0 amide bonds. The smallest absolute Gasteiger partial charge is 0.154 e. The Balaban J connectivity index is 2.06. The summed E-state index contributed by atoms with van der Waals surface area (Å²) in [4.78, 5) is 0. The average molecular weight is 246 g/mol. The van der Waals surface area contributed by atoms with Gasteiger partial charge in [-0.3, -0.25) is 0 Å². The van der Waals surface area contributed by atoms with Crippen LogP contribution in [0.4, 0.5) is 5.82 Å². The third-order valence-electron chi connectivity index (χ3n) is 2.38. The third kappa shape index (κ3) is 3.30. The van der Waals surface area contributed by atoms with Gasteiger partial charge in [-0.05, 0) is 45.0 Å². The zero-order valence-electron chi connectivity index (χ0n) is 10.9. The number of nitrogens with two attached hydrogens (primary N) is 1. The number of furan rings is 1. The number of aromatic nitrogens is 2. The van der Waals surface area contributed by atoms with Gasteiger partial charge in [-0.15, -0.1) is 10.2 Å². The SMILES string of the molecule is Cc1ccc(-c2ccc(NCC(C)(C)N)nn2)o1. The first-order valence-corrected chi connectivity index (χ1v) is 5.87. The lowest BCUT2D eigenvalue weighted by molar-refractivity contribution is 0.544. The Hall–Kier alpha value is -1.88. The second-order valence-corrected chi connectivity index (χ2v) is 5.06. The largest absolute Gasteiger partial charge is 0.460 e. The van der Waals surface area contributed by atoms with Crippen molar-refractivity contribution in [1.29, 1.82) is 0 Å². The van der Waals surface area contributed by atoms with Gasteiger partial charge in [-0.25, -0.2) is 0 Å². The fourth-order valence-corrected chi connectivity index (χ4v) is 1.45. The monoisotopic (exact) mass is 246 g/mol. The van der Waals surface area contributed by atoms with Crippen LogP contribution in [0, 0.1) is 6.92 Å². The summed E-state index contributed by atoms with van der Waals surface area (Å²) in [6, 6.07) is 7.53. The van der Waals surface area contributed by atoms with Gasteiger partial charge in [-0.2, -0.15) is 0 Å². The average Bonchev–Trinajstić information content (AvgIpc) is 2.73. The van der Waals surface area contributed by atoms with Gasteiger partial charge in [0.15, 0.2) is 5.76 Å². The number of nitrogens with zero attached hydrogens (tertiary/aromatic N) is 2. The molecule has 2 aromatic rings. The molecule has 0 aliphatic heterocycles. The number of aryl methyl sites for hydroxylation is 1. The van der Waals surface area contributed by atoms with Crippen LogP contribution in [-0.2, 0) is 0 Å². The number of nitrogens with one attached hydrogen (secondary N) is 1. The molecule has 0 radical (unpaired) electrons. The van der Waals surface area contributed by atoms with Crippen LogP contribution in [0.25, 0.3) is 11.5 Å². The van der Waals surface area contributed by atoms with Crippen LogP contribution in [0.5, 0.6) is 0 Å². The van der Waals surface area contributed by atoms with Crippen molar-refractivity contribution in [2.45, 2.75) is 26.3 Å². The van der Waals surface area contributed by atoms with Crippen LogP contribution in [0.15, 0.2) is 28.7 Å². The molecule has 2 heterocycles. The summed E-state index contributed by atoms with van der Waals surface area (Å²) in [5.41, 5.74) is 6.32. The van der Waals surface area contributed by atoms with Crippen molar-refractivity contribution in [2.75, 3.05) is 11.9 Å². The molecule has 0 saturated carbocycles. The molecule has 0 unspecified atom stereocenters. The van der Waals surface area contributed by atoms with E-state index in [0.717, 1.165) is 17.2 Å². The van der Waals surface area contributed by atoms with Crippen LogP contribution in [0.1, 0.15) is 19.6 Å². The van der Waals surface area contributed by atoms with Crippen molar-refractivity contribution in [3.05, 3.63) is 30.0 Å². The Bertz CT molecular complexity index is 511. The van der Waals surface area contributed by atoms with Crippen LogP contribution < -0.4 is 11.1 Å². The molecule has 0 saturated heterocycles. The second kappa shape index (κ2) is 4.78. The lowest BCUT2D eigenvalue weighted by Gasteiger charge is -2.18. The van der Waals surface area contributed by atoms with E-state index in [1.54, 1.807) is 0 Å². The first-order chi connectivity index (χ1) is 8.44. The van der Waals surface area contributed by atoms with Gasteiger partial charge in [0.05, 0.1) is 0 Å². The fourth-order valence-electron chi connectivity index (χ4n) is 1.45. The molecule has 5 heteroatoms. The minimum Gasteiger partial charge on any atom is -0.460 e. The summed E-state index contributed by atoms with van der Waals surface area (Å²) in [7, 11) is 0. The lowest BCUT2D eigenvalue weighted by atomic mass is 10.1. The van der Waals surface area contributed by atoms with E-state index in [2.05, 4.69) is 15.5 Å². The molecule has 18 heavy (non-hydrogen) atoms. The zero-order valence-corrected chi connectivity index (χ0v) is 10.9. The Morgan fingerprint density at radius 3 is 2.50 bits per heavy atom. The molecule has 0 fully saturated rings. The summed E-state index contributed by atoms with van der Waals surface area (Å²) in [6.07, 6.45) is 0. The molecule has 0 aliphatic carbocycles. The van der Waals surface area contributed by atoms with Gasteiger partial charge in [-0.1, -0.05) is 0 Å². The summed E-state index contributed by atoms with van der Waals surface area (Å²) in [5.74, 6) is 2.30. The molecule has 0 aliphatic rings. The highest BCUT2D eigenvalue weighted by atomic mass is 16.3. The normalized spacial score (nSPS) is 11.6. The maximum atomic E-state index is 5.88. The summed E-state index contributed by atoms with van der Waals surface area (Å²) < 4.78 is 5.48. The number of anilines is 1. The van der Waals surface area contributed by atoms with Crippen molar-refractivity contribution in [1.82, 2.24) is 10.2 Å². The molecule has 0 bridgehead atoms. The molecule has 2 aromatic heterocycles. The molecule has 96 valence electrons. The molecule has 3 N–H and O–H groups in total. The quantitative estimate of drug-likeness (QED) is 0.864. The van der Waals surface area contributed by atoms with E-state index < -0.39 is 0 Å². The summed E-state index contributed by atoms with van der Waals surface area (Å²) in [5, 5.41) is 11.3. The van der Waals surface area contributed by atoms with Crippen molar-refractivity contribution in [3.8, 4) is 11.5 Å². The highest BCUT2D eigenvalue weighted by Crippen LogP contribution is 2.19. The van der Waals surface area contributed by atoms with Crippen LogP contribution in [0.3, 0.4) is 0 Å². The van der Waals surface area contributed by atoms with E-state index in [1.807, 2.05) is 45.0 Å². The van der Waals surface area contributed by atoms with Crippen molar-refractivity contribution < 1.29 is 4.42 Å². The predicted octanol–water partition coefficient (Wildman–Crippen LogP) is 2.19. The maximum Gasteiger partial charge on any atom is 0.154 e.